The molecule has 4 rings (SSSR count). The predicted octanol–water partition coefficient (Wildman–Crippen LogP) is 4.93. The van der Waals surface area contributed by atoms with Gasteiger partial charge in [-0.25, -0.2) is 9.97 Å². The fourth-order valence-electron chi connectivity index (χ4n) is 2.42. The molecule has 0 aliphatic rings. The molecule has 0 atom stereocenters. The summed E-state index contributed by atoms with van der Waals surface area (Å²) in [5.41, 5.74) is 1.78. The van der Waals surface area contributed by atoms with Gasteiger partial charge in [-0.05, 0) is 37.3 Å². The third-order valence-corrected chi connectivity index (χ3v) is 4.82. The highest BCUT2D eigenvalue weighted by atomic mass is 35.5. The summed E-state index contributed by atoms with van der Waals surface area (Å²) in [7, 11) is 0. The average Bonchev–Trinajstić information content (AvgIpc) is 3.09. The molecule has 0 fully saturated rings. The Labute approximate surface area is 153 Å². The number of aromatic nitrogens is 4. The molecule has 0 saturated heterocycles. The van der Waals surface area contributed by atoms with Crippen LogP contribution in [0.2, 0.25) is 5.02 Å². The van der Waals surface area contributed by atoms with Gasteiger partial charge in [0.15, 0.2) is 5.82 Å². The number of nitrogens with zero attached hydrogens (tertiary/aromatic N) is 4. The highest BCUT2D eigenvalue weighted by Crippen LogP contribution is 2.28. The molecule has 4 aromatic rings. The van der Waals surface area contributed by atoms with Crippen molar-refractivity contribution in [1.29, 1.82) is 0 Å². The van der Waals surface area contributed by atoms with Crippen molar-refractivity contribution < 1.29 is 4.52 Å². The van der Waals surface area contributed by atoms with E-state index in [-0.39, 0.29) is 0 Å². The third-order valence-electron chi connectivity index (χ3n) is 3.58. The van der Waals surface area contributed by atoms with Crippen molar-refractivity contribution in [1.82, 2.24) is 20.1 Å². The summed E-state index contributed by atoms with van der Waals surface area (Å²) < 4.78 is 5.34. The van der Waals surface area contributed by atoms with E-state index >= 15 is 0 Å². The Bertz CT molecular complexity index is 1030. The normalized spacial score (nSPS) is 11.1. The van der Waals surface area contributed by atoms with E-state index in [1.54, 1.807) is 23.9 Å². The molecule has 5 nitrogen and oxygen atoms in total. The lowest BCUT2D eigenvalue weighted by atomic mass is 10.2. The van der Waals surface area contributed by atoms with Crippen molar-refractivity contribution in [3.63, 3.8) is 0 Å². The van der Waals surface area contributed by atoms with Crippen molar-refractivity contribution in [3.05, 3.63) is 65.2 Å². The van der Waals surface area contributed by atoms with E-state index in [9.17, 15) is 0 Å². The first-order chi connectivity index (χ1) is 12.2. The SMILES string of the molecule is Cc1nc(SCc2noc(-c3ccc(Cl)cc3)n2)c2ccccc2n1. The summed E-state index contributed by atoms with van der Waals surface area (Å²) in [6.45, 7) is 1.89. The van der Waals surface area contributed by atoms with Crippen LogP contribution in [0.3, 0.4) is 0 Å². The number of aryl methyl sites for hydroxylation is 1. The number of rotatable bonds is 4. The summed E-state index contributed by atoms with van der Waals surface area (Å²) in [5, 5.41) is 6.67. The van der Waals surface area contributed by atoms with E-state index in [0.29, 0.717) is 22.5 Å². The van der Waals surface area contributed by atoms with Gasteiger partial charge in [-0.2, -0.15) is 4.98 Å². The molecule has 0 spiro atoms. The van der Waals surface area contributed by atoms with Crippen LogP contribution in [0.4, 0.5) is 0 Å². The fourth-order valence-corrected chi connectivity index (χ4v) is 3.46. The van der Waals surface area contributed by atoms with Gasteiger partial charge in [0, 0.05) is 16.0 Å². The van der Waals surface area contributed by atoms with E-state index in [0.717, 1.165) is 27.3 Å². The second-order valence-corrected chi connectivity index (χ2v) is 6.80. The van der Waals surface area contributed by atoms with Gasteiger partial charge in [0.25, 0.3) is 5.89 Å². The van der Waals surface area contributed by atoms with E-state index in [4.69, 9.17) is 16.1 Å². The van der Waals surface area contributed by atoms with Crippen LogP contribution in [0.15, 0.2) is 58.1 Å². The Morgan fingerprint density at radius 1 is 1.00 bits per heavy atom. The molecule has 124 valence electrons. The number of thioether (sulfide) groups is 1. The van der Waals surface area contributed by atoms with Crippen molar-refractivity contribution >= 4 is 34.3 Å². The van der Waals surface area contributed by atoms with E-state index in [1.807, 2.05) is 43.3 Å². The lowest BCUT2D eigenvalue weighted by molar-refractivity contribution is 0.425. The Balaban J connectivity index is 1.55. The van der Waals surface area contributed by atoms with Crippen LogP contribution in [0.5, 0.6) is 0 Å². The van der Waals surface area contributed by atoms with Gasteiger partial charge < -0.3 is 4.52 Å². The van der Waals surface area contributed by atoms with Crippen molar-refractivity contribution in [2.45, 2.75) is 17.7 Å². The smallest absolute Gasteiger partial charge is 0.257 e. The summed E-state index contributed by atoms with van der Waals surface area (Å²) >= 11 is 7.47. The molecule has 0 saturated carbocycles. The summed E-state index contributed by atoms with van der Waals surface area (Å²) in [6.07, 6.45) is 0. The largest absolute Gasteiger partial charge is 0.334 e. The minimum atomic E-state index is 0.482. The third kappa shape index (κ3) is 3.50. The molecule has 0 bridgehead atoms. The standard InChI is InChI=1S/C18H13ClN4OS/c1-11-20-15-5-3-2-4-14(15)18(21-11)25-10-16-22-17(24-23-16)12-6-8-13(19)9-7-12/h2-9H,10H2,1H3. The molecular weight excluding hydrogens is 356 g/mol. The lowest BCUT2D eigenvalue weighted by Crippen LogP contribution is -1.93. The zero-order valence-electron chi connectivity index (χ0n) is 13.3. The quantitative estimate of drug-likeness (QED) is 0.375. The second-order valence-electron chi connectivity index (χ2n) is 5.40. The predicted molar refractivity (Wildman–Crippen MR) is 98.6 cm³/mol. The minimum Gasteiger partial charge on any atom is -0.334 e. The van der Waals surface area contributed by atoms with Gasteiger partial charge in [0.2, 0.25) is 0 Å². The Morgan fingerprint density at radius 3 is 2.64 bits per heavy atom. The van der Waals surface area contributed by atoms with Gasteiger partial charge in [0.05, 0.1) is 11.3 Å². The highest BCUT2D eigenvalue weighted by Gasteiger charge is 2.11. The first-order valence-corrected chi connectivity index (χ1v) is 9.00. The van der Waals surface area contributed by atoms with Crippen LogP contribution in [-0.4, -0.2) is 20.1 Å². The second kappa shape index (κ2) is 6.82. The number of para-hydroxylation sites is 1. The Morgan fingerprint density at radius 2 is 1.80 bits per heavy atom. The molecule has 2 aromatic carbocycles. The molecule has 0 aliphatic carbocycles. The molecule has 0 N–H and O–H groups in total. The monoisotopic (exact) mass is 368 g/mol. The highest BCUT2D eigenvalue weighted by molar-refractivity contribution is 7.98. The zero-order chi connectivity index (χ0) is 17.2. The number of benzene rings is 2. The maximum Gasteiger partial charge on any atom is 0.257 e. The van der Waals surface area contributed by atoms with Crippen LogP contribution in [0, 0.1) is 6.92 Å². The van der Waals surface area contributed by atoms with E-state index in [2.05, 4.69) is 20.1 Å². The molecule has 7 heteroatoms. The van der Waals surface area contributed by atoms with E-state index in [1.165, 1.54) is 0 Å². The summed E-state index contributed by atoms with van der Waals surface area (Å²) in [4.78, 5) is 13.4. The first-order valence-electron chi connectivity index (χ1n) is 7.64. The van der Waals surface area contributed by atoms with Crippen molar-refractivity contribution in [3.8, 4) is 11.5 Å². The maximum atomic E-state index is 5.90. The fraction of sp³-hybridized carbons (Fsp3) is 0.111. The molecule has 0 aliphatic heterocycles. The number of halogens is 1. The van der Waals surface area contributed by atoms with Gasteiger partial charge in [-0.3, -0.25) is 0 Å². The topological polar surface area (TPSA) is 64.7 Å². The van der Waals surface area contributed by atoms with Crippen LogP contribution in [0.1, 0.15) is 11.6 Å². The molecule has 2 heterocycles. The Hall–Kier alpha value is -2.44. The lowest BCUT2D eigenvalue weighted by Gasteiger charge is -2.04. The number of hydrogen-bond acceptors (Lipinski definition) is 6. The molecule has 0 unspecified atom stereocenters. The van der Waals surface area contributed by atoms with Crippen molar-refractivity contribution in [2.24, 2.45) is 0 Å². The Kier molecular flexibility index (Phi) is 4.38. The van der Waals surface area contributed by atoms with Crippen LogP contribution >= 0.6 is 23.4 Å². The van der Waals surface area contributed by atoms with Gasteiger partial charge in [-0.15, -0.1) is 0 Å². The first kappa shape index (κ1) is 16.1. The molecule has 2 aromatic heterocycles. The molecule has 0 radical (unpaired) electrons. The van der Waals surface area contributed by atoms with Gasteiger partial charge >= 0.3 is 0 Å². The molecular formula is C18H13ClN4OS. The maximum absolute atomic E-state index is 5.90. The minimum absolute atomic E-state index is 0.482. The number of fused-ring (bicyclic) bond motifs is 1. The van der Waals surface area contributed by atoms with Crippen LogP contribution in [0.25, 0.3) is 22.4 Å². The number of hydrogen-bond donors (Lipinski definition) is 0. The summed E-state index contributed by atoms with van der Waals surface area (Å²) in [6, 6.07) is 15.3. The summed E-state index contributed by atoms with van der Waals surface area (Å²) in [5.74, 6) is 2.42. The molecule has 0 amide bonds. The van der Waals surface area contributed by atoms with Crippen molar-refractivity contribution in [2.75, 3.05) is 0 Å². The van der Waals surface area contributed by atoms with Gasteiger partial charge in [0.1, 0.15) is 10.9 Å². The van der Waals surface area contributed by atoms with Gasteiger partial charge in [-0.1, -0.05) is 46.7 Å². The van der Waals surface area contributed by atoms with Crippen LogP contribution in [-0.2, 0) is 5.75 Å². The molecule has 25 heavy (non-hydrogen) atoms. The zero-order valence-corrected chi connectivity index (χ0v) is 14.9. The van der Waals surface area contributed by atoms with E-state index < -0.39 is 0 Å². The average molecular weight is 369 g/mol. The van der Waals surface area contributed by atoms with Crippen LogP contribution < -0.4 is 0 Å².